The monoisotopic (exact) mass is 313 g/mol. The summed E-state index contributed by atoms with van der Waals surface area (Å²) in [7, 11) is 0. The number of carboxylic acid groups (broad SMARTS) is 1. The van der Waals surface area contributed by atoms with E-state index in [0.29, 0.717) is 5.56 Å². The van der Waals surface area contributed by atoms with Gasteiger partial charge in [-0.05, 0) is 23.3 Å². The predicted molar refractivity (Wildman–Crippen MR) is 82.2 cm³/mol. The number of carboxylic acids is 1. The lowest BCUT2D eigenvalue weighted by molar-refractivity contribution is -0.146. The first-order valence-corrected chi connectivity index (χ1v) is 7.38. The van der Waals surface area contributed by atoms with E-state index in [-0.39, 0.29) is 24.7 Å². The molecule has 2 aromatic rings. The van der Waals surface area contributed by atoms with Crippen molar-refractivity contribution in [1.82, 2.24) is 4.90 Å². The van der Waals surface area contributed by atoms with E-state index in [1.807, 2.05) is 30.3 Å². The lowest BCUT2D eigenvalue weighted by Gasteiger charge is -2.25. The molecule has 23 heavy (non-hydrogen) atoms. The maximum Gasteiger partial charge on any atom is 0.327 e. The molecule has 0 bridgehead atoms. The van der Waals surface area contributed by atoms with Gasteiger partial charge in [-0.25, -0.2) is 9.18 Å². The molecular weight excluding hydrogens is 297 g/mol. The molecule has 1 N–H and O–H groups in total. The van der Waals surface area contributed by atoms with Crippen LogP contribution in [0.1, 0.15) is 23.5 Å². The summed E-state index contributed by atoms with van der Waals surface area (Å²) in [5, 5.41) is 9.60. The van der Waals surface area contributed by atoms with Crippen LogP contribution in [0.15, 0.2) is 54.6 Å². The minimum atomic E-state index is -1.04. The average Bonchev–Trinajstić information content (AvgIpc) is 2.86. The highest BCUT2D eigenvalue weighted by atomic mass is 19.1. The number of halogens is 1. The molecule has 1 saturated heterocycles. The normalized spacial score (nSPS) is 20.7. The molecule has 1 fully saturated rings. The molecule has 4 nitrogen and oxygen atoms in total. The Bertz CT molecular complexity index is 715. The number of likely N-dealkylation sites (tertiary alicyclic amines) is 1. The number of aliphatic carboxylic acids is 1. The van der Waals surface area contributed by atoms with Crippen LogP contribution in [-0.2, 0) is 16.1 Å². The second-order valence-corrected chi connectivity index (χ2v) is 5.65. The number of hydrogen-bond acceptors (Lipinski definition) is 2. The van der Waals surface area contributed by atoms with Crippen LogP contribution in [0.5, 0.6) is 0 Å². The number of nitrogens with zero attached hydrogens (tertiary/aromatic N) is 1. The molecule has 1 heterocycles. The highest BCUT2D eigenvalue weighted by Gasteiger charge is 2.44. The number of amides is 1. The van der Waals surface area contributed by atoms with Crippen molar-refractivity contribution in [2.45, 2.75) is 24.9 Å². The molecule has 5 heteroatoms. The fourth-order valence-electron chi connectivity index (χ4n) is 3.07. The van der Waals surface area contributed by atoms with Crippen LogP contribution in [0.4, 0.5) is 4.39 Å². The molecule has 0 aliphatic carbocycles. The third-order valence-electron chi connectivity index (χ3n) is 4.18. The van der Waals surface area contributed by atoms with Gasteiger partial charge in [-0.2, -0.15) is 0 Å². The first-order valence-electron chi connectivity index (χ1n) is 7.38. The Morgan fingerprint density at radius 1 is 1.13 bits per heavy atom. The Labute approximate surface area is 133 Å². The van der Waals surface area contributed by atoms with Gasteiger partial charge >= 0.3 is 5.97 Å². The molecule has 2 aromatic carbocycles. The highest BCUT2D eigenvalue weighted by molar-refractivity contribution is 5.89. The lowest BCUT2D eigenvalue weighted by atomic mass is 9.91. The van der Waals surface area contributed by atoms with Gasteiger partial charge in [-0.1, -0.05) is 42.5 Å². The van der Waals surface area contributed by atoms with Gasteiger partial charge in [-0.15, -0.1) is 0 Å². The van der Waals surface area contributed by atoms with E-state index in [4.69, 9.17) is 0 Å². The predicted octanol–water partition coefficient (Wildman–Crippen LogP) is 2.80. The first-order chi connectivity index (χ1) is 11.1. The van der Waals surface area contributed by atoms with E-state index in [2.05, 4.69) is 0 Å². The molecule has 0 saturated carbocycles. The largest absolute Gasteiger partial charge is 0.480 e. The summed E-state index contributed by atoms with van der Waals surface area (Å²) in [5.74, 6) is -2.09. The molecule has 0 radical (unpaired) electrons. The zero-order valence-electron chi connectivity index (χ0n) is 12.4. The Morgan fingerprint density at radius 2 is 1.78 bits per heavy atom. The van der Waals surface area contributed by atoms with Gasteiger partial charge in [0.25, 0.3) is 0 Å². The van der Waals surface area contributed by atoms with Crippen LogP contribution in [0.3, 0.4) is 0 Å². The van der Waals surface area contributed by atoms with Crippen molar-refractivity contribution >= 4 is 11.9 Å². The Hall–Kier alpha value is -2.69. The molecule has 0 spiro atoms. The molecule has 118 valence electrons. The molecule has 0 unspecified atom stereocenters. The lowest BCUT2D eigenvalue weighted by Crippen LogP contribution is -2.40. The third kappa shape index (κ3) is 3.08. The van der Waals surface area contributed by atoms with Gasteiger partial charge in [0.1, 0.15) is 11.9 Å². The second kappa shape index (κ2) is 6.20. The second-order valence-electron chi connectivity index (χ2n) is 5.65. The Balaban J connectivity index is 1.90. The molecule has 1 amide bonds. The van der Waals surface area contributed by atoms with Crippen LogP contribution >= 0.6 is 0 Å². The van der Waals surface area contributed by atoms with Crippen molar-refractivity contribution in [3.05, 3.63) is 71.5 Å². The van der Waals surface area contributed by atoms with E-state index >= 15 is 0 Å². The number of rotatable bonds is 4. The average molecular weight is 313 g/mol. The van der Waals surface area contributed by atoms with E-state index in [0.717, 1.165) is 5.56 Å². The molecule has 1 aliphatic rings. The van der Waals surface area contributed by atoms with Crippen molar-refractivity contribution in [3.63, 3.8) is 0 Å². The van der Waals surface area contributed by atoms with E-state index < -0.39 is 17.9 Å². The molecule has 2 atom stereocenters. The van der Waals surface area contributed by atoms with Crippen LogP contribution in [-0.4, -0.2) is 27.9 Å². The summed E-state index contributed by atoms with van der Waals surface area (Å²) >= 11 is 0. The Kier molecular flexibility index (Phi) is 4.10. The van der Waals surface area contributed by atoms with Gasteiger partial charge in [0, 0.05) is 18.9 Å². The van der Waals surface area contributed by atoms with Crippen molar-refractivity contribution < 1.29 is 19.1 Å². The van der Waals surface area contributed by atoms with Crippen LogP contribution in [0.25, 0.3) is 0 Å². The van der Waals surface area contributed by atoms with E-state index in [1.165, 1.54) is 17.0 Å². The number of benzene rings is 2. The van der Waals surface area contributed by atoms with Crippen molar-refractivity contribution in [2.75, 3.05) is 0 Å². The minimum Gasteiger partial charge on any atom is -0.480 e. The summed E-state index contributed by atoms with van der Waals surface area (Å²) in [6.07, 6.45) is 0.120. The van der Waals surface area contributed by atoms with Crippen molar-refractivity contribution in [3.8, 4) is 0 Å². The number of carbonyl (C=O) groups is 2. The number of hydrogen-bond donors (Lipinski definition) is 1. The molecule has 0 aromatic heterocycles. The van der Waals surface area contributed by atoms with Gasteiger partial charge < -0.3 is 10.0 Å². The van der Waals surface area contributed by atoms with Crippen LogP contribution < -0.4 is 0 Å². The summed E-state index contributed by atoms with van der Waals surface area (Å²) < 4.78 is 13.1. The topological polar surface area (TPSA) is 57.6 Å². The highest BCUT2D eigenvalue weighted by Crippen LogP contribution is 2.35. The zero-order valence-corrected chi connectivity index (χ0v) is 12.4. The van der Waals surface area contributed by atoms with Crippen LogP contribution in [0, 0.1) is 5.82 Å². The van der Waals surface area contributed by atoms with Gasteiger partial charge in [0.05, 0.1) is 0 Å². The van der Waals surface area contributed by atoms with Gasteiger partial charge in [0.2, 0.25) is 5.91 Å². The Morgan fingerprint density at radius 3 is 2.39 bits per heavy atom. The van der Waals surface area contributed by atoms with Gasteiger partial charge in [0.15, 0.2) is 0 Å². The minimum absolute atomic E-state index is 0.120. The summed E-state index contributed by atoms with van der Waals surface area (Å²) in [4.78, 5) is 25.5. The zero-order chi connectivity index (χ0) is 16.4. The summed E-state index contributed by atoms with van der Waals surface area (Å²) in [6, 6.07) is 14.0. The number of carbonyl (C=O) groups excluding carboxylic acids is 1. The van der Waals surface area contributed by atoms with E-state index in [9.17, 15) is 19.1 Å². The molecular formula is C18H16FNO3. The SMILES string of the molecule is O=C(O)[C@H]1[C@H](c2ccc(F)cc2)CC(=O)N1Cc1ccccc1. The smallest absolute Gasteiger partial charge is 0.327 e. The fourth-order valence-corrected chi connectivity index (χ4v) is 3.07. The molecule has 3 rings (SSSR count). The molecule has 1 aliphatic heterocycles. The van der Waals surface area contributed by atoms with Crippen molar-refractivity contribution in [2.24, 2.45) is 0 Å². The summed E-state index contributed by atoms with van der Waals surface area (Å²) in [6.45, 7) is 0.258. The standard InChI is InChI=1S/C18H16FNO3/c19-14-8-6-13(7-9-14)15-10-16(21)20(17(15)18(22)23)11-12-4-2-1-3-5-12/h1-9,15,17H,10-11H2,(H,22,23)/t15-,17+/m0/s1. The first kappa shape index (κ1) is 15.2. The third-order valence-corrected chi connectivity index (χ3v) is 4.18. The maximum absolute atomic E-state index is 13.1. The fraction of sp³-hybridized carbons (Fsp3) is 0.222. The van der Waals surface area contributed by atoms with Crippen molar-refractivity contribution in [1.29, 1.82) is 0 Å². The summed E-state index contributed by atoms with van der Waals surface area (Å²) in [5.41, 5.74) is 1.55. The quantitative estimate of drug-likeness (QED) is 0.944. The van der Waals surface area contributed by atoms with Crippen LogP contribution in [0.2, 0.25) is 0 Å². The van der Waals surface area contributed by atoms with E-state index in [1.54, 1.807) is 12.1 Å². The van der Waals surface area contributed by atoms with Gasteiger partial charge in [-0.3, -0.25) is 4.79 Å². The maximum atomic E-state index is 13.1.